The number of rotatable bonds is 5. The molecule has 0 aromatic heterocycles. The summed E-state index contributed by atoms with van der Waals surface area (Å²) in [6.45, 7) is 0.981. The van der Waals surface area contributed by atoms with Gasteiger partial charge < -0.3 is 14.7 Å². The molecule has 10 heteroatoms. The van der Waals surface area contributed by atoms with Gasteiger partial charge in [0.05, 0.1) is 17.2 Å². The van der Waals surface area contributed by atoms with Crippen LogP contribution < -0.4 is 4.90 Å². The molecule has 1 N–H and O–H groups in total. The van der Waals surface area contributed by atoms with E-state index in [1.165, 1.54) is 32.2 Å². The molecule has 0 saturated carbocycles. The van der Waals surface area contributed by atoms with Gasteiger partial charge in [0.2, 0.25) is 0 Å². The molecule has 0 heterocycles. The highest BCUT2D eigenvalue weighted by atomic mass is 35.5. The second kappa shape index (κ2) is 8.61. The number of anilines is 1. The Morgan fingerprint density at radius 2 is 1.69 bits per heavy atom. The van der Waals surface area contributed by atoms with E-state index >= 15 is 0 Å². The minimum atomic E-state index is -5.31. The smallest absolute Gasteiger partial charge is 0.432 e. The predicted octanol–water partition coefficient (Wildman–Crippen LogP) is 4.58. The molecule has 0 saturated heterocycles. The average molecular weight is 450 g/mol. The molecule has 0 aliphatic rings. The van der Waals surface area contributed by atoms with Crippen molar-refractivity contribution in [3.8, 4) is 0 Å². The van der Waals surface area contributed by atoms with Gasteiger partial charge in [0.15, 0.2) is 0 Å². The van der Waals surface area contributed by atoms with E-state index in [1.807, 2.05) is 0 Å². The Hall–Kier alpha value is -2.29. The molecule has 0 unspecified atom stereocenters. The van der Waals surface area contributed by atoms with Crippen LogP contribution in [0.1, 0.15) is 22.8 Å². The van der Waals surface area contributed by atoms with Crippen LogP contribution in [-0.2, 0) is 15.1 Å². The van der Waals surface area contributed by atoms with E-state index in [0.29, 0.717) is 5.02 Å². The number of alkyl halides is 3. The van der Waals surface area contributed by atoms with Crippen LogP contribution in [-0.4, -0.2) is 36.8 Å². The highest BCUT2D eigenvalue weighted by molar-refractivity contribution is 6.37. The van der Waals surface area contributed by atoms with Crippen LogP contribution in [0.3, 0.4) is 0 Å². The third kappa shape index (κ3) is 4.49. The summed E-state index contributed by atoms with van der Waals surface area (Å²) >= 11 is 11.8. The maximum Gasteiger partial charge on any atom is 0.432 e. The first-order chi connectivity index (χ1) is 13.4. The third-order valence-corrected chi connectivity index (χ3v) is 4.67. The van der Waals surface area contributed by atoms with Crippen LogP contribution >= 0.6 is 23.2 Å². The van der Waals surface area contributed by atoms with Crippen LogP contribution in [0.5, 0.6) is 0 Å². The molecule has 0 fully saturated rings. The predicted molar refractivity (Wildman–Crippen MR) is 102 cm³/mol. The first-order valence-electron chi connectivity index (χ1n) is 8.23. The van der Waals surface area contributed by atoms with Crippen LogP contribution in [0.25, 0.3) is 0 Å². The molecule has 156 valence electrons. The highest BCUT2D eigenvalue weighted by Gasteiger charge is 2.62. The molecule has 1 atom stereocenters. The second-order valence-corrected chi connectivity index (χ2v) is 6.81. The van der Waals surface area contributed by atoms with E-state index in [4.69, 9.17) is 23.2 Å². The van der Waals surface area contributed by atoms with Crippen molar-refractivity contribution in [2.75, 3.05) is 18.6 Å². The van der Waals surface area contributed by atoms with E-state index in [2.05, 4.69) is 4.74 Å². The maximum atomic E-state index is 13.4. The van der Waals surface area contributed by atoms with E-state index in [-0.39, 0.29) is 22.9 Å². The molecule has 1 amide bonds. The van der Waals surface area contributed by atoms with E-state index in [1.54, 1.807) is 0 Å². The lowest BCUT2D eigenvalue weighted by Crippen LogP contribution is -2.50. The zero-order valence-corrected chi connectivity index (χ0v) is 16.8. The monoisotopic (exact) mass is 449 g/mol. The lowest BCUT2D eigenvalue weighted by Gasteiger charge is -2.29. The van der Waals surface area contributed by atoms with Crippen molar-refractivity contribution in [3.63, 3.8) is 0 Å². The zero-order chi connectivity index (χ0) is 22.0. The molecule has 2 aromatic carbocycles. The highest BCUT2D eigenvalue weighted by Crippen LogP contribution is 2.40. The molecule has 0 bridgehead atoms. The number of esters is 1. The van der Waals surface area contributed by atoms with Gasteiger partial charge in [-0.15, -0.1) is 0 Å². The molecule has 2 rings (SSSR count). The summed E-state index contributed by atoms with van der Waals surface area (Å²) in [5.74, 6) is -2.37. The molecule has 0 spiro atoms. The Bertz CT molecular complexity index is 919. The van der Waals surface area contributed by atoms with Gasteiger partial charge in [-0.3, -0.25) is 4.79 Å². The lowest BCUT2D eigenvalue weighted by molar-refractivity contribution is -0.267. The van der Waals surface area contributed by atoms with Gasteiger partial charge in [-0.2, -0.15) is 13.2 Å². The molecule has 0 aliphatic carbocycles. The maximum absolute atomic E-state index is 13.4. The minimum absolute atomic E-state index is 0.111. The summed E-state index contributed by atoms with van der Waals surface area (Å²) in [6.07, 6.45) is -5.31. The Morgan fingerprint density at radius 1 is 1.10 bits per heavy atom. The molecule has 0 radical (unpaired) electrons. The van der Waals surface area contributed by atoms with Crippen molar-refractivity contribution >= 4 is 40.8 Å². The van der Waals surface area contributed by atoms with Gasteiger partial charge in [-0.1, -0.05) is 35.3 Å². The third-order valence-electron chi connectivity index (χ3n) is 4.12. The van der Waals surface area contributed by atoms with Crippen LogP contribution in [0.2, 0.25) is 10.0 Å². The molecule has 5 nitrogen and oxygen atoms in total. The van der Waals surface area contributed by atoms with Crippen molar-refractivity contribution in [3.05, 3.63) is 63.6 Å². The number of carbonyl (C=O) groups excluding carboxylic acids is 2. The van der Waals surface area contributed by atoms with Gasteiger partial charge in [-0.05, 0) is 37.3 Å². The first kappa shape index (κ1) is 23.0. The standard InChI is InChI=1S/C19H16Cl2F3NO4/c1-3-29-17(27)18(28,19(22,23)24)11-4-7-13(8-5-11)25(2)16(26)14-9-6-12(20)10-15(14)21/h4-10,28H,3H2,1-2H3/t18-/m0/s1. The Balaban J connectivity index is 2.37. The molecule has 0 aliphatic heterocycles. The van der Waals surface area contributed by atoms with Crippen molar-refractivity contribution in [2.45, 2.75) is 18.7 Å². The second-order valence-electron chi connectivity index (χ2n) is 5.96. The van der Waals surface area contributed by atoms with E-state index in [9.17, 15) is 27.9 Å². The van der Waals surface area contributed by atoms with Crippen molar-refractivity contribution in [1.29, 1.82) is 0 Å². The number of halogens is 5. The molecular weight excluding hydrogens is 434 g/mol. The Labute approximate surface area is 174 Å². The molecular formula is C19H16Cl2F3NO4. The normalized spacial score (nSPS) is 13.5. The van der Waals surface area contributed by atoms with Crippen molar-refractivity contribution in [1.82, 2.24) is 0 Å². The number of hydrogen-bond donors (Lipinski definition) is 1. The number of benzene rings is 2. The Morgan fingerprint density at radius 3 is 2.17 bits per heavy atom. The molecule has 2 aromatic rings. The number of amides is 1. The fraction of sp³-hybridized carbons (Fsp3) is 0.263. The lowest BCUT2D eigenvalue weighted by atomic mass is 9.93. The quantitative estimate of drug-likeness (QED) is 0.678. The molecule has 29 heavy (non-hydrogen) atoms. The average Bonchev–Trinajstić information content (AvgIpc) is 2.65. The van der Waals surface area contributed by atoms with Gasteiger partial charge in [0, 0.05) is 23.3 Å². The number of hydrogen-bond acceptors (Lipinski definition) is 4. The fourth-order valence-electron chi connectivity index (χ4n) is 2.52. The van der Waals surface area contributed by atoms with E-state index in [0.717, 1.165) is 29.2 Å². The summed E-state index contributed by atoms with van der Waals surface area (Å²) in [4.78, 5) is 25.6. The van der Waals surface area contributed by atoms with Crippen molar-refractivity contribution < 1.29 is 32.6 Å². The summed E-state index contributed by atoms with van der Waals surface area (Å²) in [6, 6.07) is 8.39. The van der Waals surface area contributed by atoms with Gasteiger partial charge in [0.1, 0.15) is 0 Å². The van der Waals surface area contributed by atoms with E-state index < -0.39 is 29.2 Å². The van der Waals surface area contributed by atoms with Crippen molar-refractivity contribution in [2.24, 2.45) is 0 Å². The Kier molecular flexibility index (Phi) is 6.82. The van der Waals surface area contributed by atoms with Crippen LogP contribution in [0.4, 0.5) is 18.9 Å². The fourth-order valence-corrected chi connectivity index (χ4v) is 3.01. The minimum Gasteiger partial charge on any atom is -0.463 e. The number of ether oxygens (including phenoxy) is 1. The summed E-state index contributed by atoms with van der Waals surface area (Å²) in [7, 11) is 1.39. The number of nitrogens with zero attached hydrogens (tertiary/aromatic N) is 1. The first-order valence-corrected chi connectivity index (χ1v) is 8.99. The largest absolute Gasteiger partial charge is 0.463 e. The van der Waals surface area contributed by atoms with Crippen LogP contribution in [0, 0.1) is 0 Å². The summed E-state index contributed by atoms with van der Waals surface area (Å²) in [5, 5.41) is 10.5. The van der Waals surface area contributed by atoms with Crippen LogP contribution in [0.15, 0.2) is 42.5 Å². The van der Waals surface area contributed by atoms with Gasteiger partial charge in [0.25, 0.3) is 11.5 Å². The topological polar surface area (TPSA) is 66.8 Å². The summed E-state index contributed by atoms with van der Waals surface area (Å²) in [5.41, 5.74) is -4.22. The number of aliphatic hydroxyl groups is 1. The van der Waals surface area contributed by atoms with Gasteiger partial charge in [-0.25, -0.2) is 4.79 Å². The SMILES string of the molecule is CCOC(=O)[C@@](O)(c1ccc(N(C)C(=O)c2ccc(Cl)cc2Cl)cc1)C(F)(F)F. The number of carbonyl (C=O) groups is 2. The van der Waals surface area contributed by atoms with Gasteiger partial charge >= 0.3 is 12.1 Å². The zero-order valence-electron chi connectivity index (χ0n) is 15.3. The summed E-state index contributed by atoms with van der Waals surface area (Å²) < 4.78 is 44.6.